The van der Waals surface area contributed by atoms with Crippen molar-refractivity contribution in [2.24, 2.45) is 0 Å². The van der Waals surface area contributed by atoms with Gasteiger partial charge in [-0.05, 0) is 32.0 Å². The first-order valence-electron chi connectivity index (χ1n) is 6.87. The Kier molecular flexibility index (Phi) is 3.41. The maximum atomic E-state index is 13.8. The van der Waals surface area contributed by atoms with Crippen molar-refractivity contribution in [1.29, 1.82) is 0 Å². The van der Waals surface area contributed by atoms with Crippen LogP contribution in [0.1, 0.15) is 12.8 Å². The lowest BCUT2D eigenvalue weighted by atomic mass is 9.89. The fourth-order valence-electron chi connectivity index (χ4n) is 2.96. The normalized spacial score (nSPS) is 23.8. The third kappa shape index (κ3) is 2.58. The minimum absolute atomic E-state index is 0.116. The number of piperidine rings is 1. The molecule has 5 heteroatoms. The molecule has 19 heavy (non-hydrogen) atoms. The summed E-state index contributed by atoms with van der Waals surface area (Å²) in [6, 6.07) is 3.10. The van der Waals surface area contributed by atoms with Crippen LogP contribution in [0.25, 0.3) is 0 Å². The summed E-state index contributed by atoms with van der Waals surface area (Å²) < 4.78 is 19.9. The zero-order chi connectivity index (χ0) is 13.3. The molecule has 0 radical (unpaired) electrons. The average molecular weight is 265 g/mol. The molecule has 0 aliphatic carbocycles. The highest BCUT2D eigenvalue weighted by Crippen LogP contribution is 2.31. The molecule has 2 aliphatic rings. The molecule has 0 N–H and O–H groups in total. The Hall–Kier alpha value is -1.20. The molecule has 1 aromatic rings. The molecule has 0 unspecified atom stereocenters. The highest BCUT2D eigenvalue weighted by atomic mass is 19.1. The second-order valence-electron chi connectivity index (χ2n) is 5.57. The first kappa shape index (κ1) is 12.8. The number of likely N-dealkylation sites (tertiary alicyclic amines) is 1. The molecule has 2 aliphatic heterocycles. The summed E-state index contributed by atoms with van der Waals surface area (Å²) in [4.78, 5) is 8.53. The van der Waals surface area contributed by atoms with Crippen molar-refractivity contribution >= 4 is 5.82 Å². The van der Waals surface area contributed by atoms with E-state index >= 15 is 0 Å². The Morgan fingerprint density at radius 3 is 2.84 bits per heavy atom. The van der Waals surface area contributed by atoms with E-state index in [0.717, 1.165) is 32.5 Å². The predicted molar refractivity (Wildman–Crippen MR) is 71.8 cm³/mol. The topological polar surface area (TPSA) is 28.6 Å². The van der Waals surface area contributed by atoms with Gasteiger partial charge in [0.05, 0.1) is 12.2 Å². The van der Waals surface area contributed by atoms with Gasteiger partial charge in [-0.1, -0.05) is 0 Å². The zero-order valence-corrected chi connectivity index (χ0v) is 11.3. The quantitative estimate of drug-likeness (QED) is 0.770. The molecule has 2 saturated heterocycles. The lowest BCUT2D eigenvalue weighted by Crippen LogP contribution is -2.56. The smallest absolute Gasteiger partial charge is 0.165 e. The summed E-state index contributed by atoms with van der Waals surface area (Å²) >= 11 is 0. The van der Waals surface area contributed by atoms with Gasteiger partial charge in [-0.2, -0.15) is 0 Å². The standard InChI is InChI=1S/C14H20FN3O/c1-17-7-4-14(5-8-17)11-18(9-10-19-14)13-12(15)3-2-6-16-13/h2-3,6H,4-5,7-11H2,1H3. The lowest BCUT2D eigenvalue weighted by Gasteiger charge is -2.47. The van der Waals surface area contributed by atoms with Crippen LogP contribution in [0.4, 0.5) is 10.2 Å². The summed E-state index contributed by atoms with van der Waals surface area (Å²) in [6.45, 7) is 4.19. The summed E-state index contributed by atoms with van der Waals surface area (Å²) in [5.41, 5.74) is -0.116. The molecule has 4 nitrogen and oxygen atoms in total. The first-order valence-corrected chi connectivity index (χ1v) is 6.87. The van der Waals surface area contributed by atoms with Crippen molar-refractivity contribution in [2.75, 3.05) is 44.7 Å². The second kappa shape index (κ2) is 5.06. The molecule has 1 aromatic heterocycles. The summed E-state index contributed by atoms with van der Waals surface area (Å²) in [7, 11) is 2.13. The van der Waals surface area contributed by atoms with Crippen molar-refractivity contribution in [1.82, 2.24) is 9.88 Å². The van der Waals surface area contributed by atoms with E-state index in [-0.39, 0.29) is 11.4 Å². The molecule has 104 valence electrons. The Labute approximate surface area is 113 Å². The number of rotatable bonds is 1. The van der Waals surface area contributed by atoms with Crippen LogP contribution in [-0.4, -0.2) is 55.3 Å². The number of anilines is 1. The zero-order valence-electron chi connectivity index (χ0n) is 11.3. The highest BCUT2D eigenvalue weighted by Gasteiger charge is 2.39. The SMILES string of the molecule is CN1CCC2(CC1)CN(c1ncccc1F)CCO2. The largest absolute Gasteiger partial charge is 0.371 e. The van der Waals surface area contributed by atoms with E-state index in [1.807, 2.05) is 4.90 Å². The number of hydrogen-bond acceptors (Lipinski definition) is 4. The van der Waals surface area contributed by atoms with Gasteiger partial charge in [0.2, 0.25) is 0 Å². The third-order valence-electron chi connectivity index (χ3n) is 4.19. The maximum absolute atomic E-state index is 13.8. The van der Waals surface area contributed by atoms with E-state index < -0.39 is 0 Å². The van der Waals surface area contributed by atoms with Crippen LogP contribution in [-0.2, 0) is 4.74 Å². The van der Waals surface area contributed by atoms with Gasteiger partial charge in [-0.25, -0.2) is 9.37 Å². The van der Waals surface area contributed by atoms with Gasteiger partial charge in [0.15, 0.2) is 11.6 Å². The lowest BCUT2D eigenvalue weighted by molar-refractivity contribution is -0.0885. The van der Waals surface area contributed by atoms with E-state index in [0.29, 0.717) is 19.0 Å². The molecule has 3 rings (SSSR count). The van der Waals surface area contributed by atoms with Crippen molar-refractivity contribution in [3.8, 4) is 0 Å². The van der Waals surface area contributed by atoms with Gasteiger partial charge in [0, 0.05) is 32.4 Å². The van der Waals surface area contributed by atoms with Gasteiger partial charge in [0.25, 0.3) is 0 Å². The molecule has 0 saturated carbocycles. The maximum Gasteiger partial charge on any atom is 0.165 e. The van der Waals surface area contributed by atoms with Crippen molar-refractivity contribution in [2.45, 2.75) is 18.4 Å². The highest BCUT2D eigenvalue weighted by molar-refractivity contribution is 5.40. The van der Waals surface area contributed by atoms with Crippen LogP contribution < -0.4 is 4.90 Å². The van der Waals surface area contributed by atoms with Gasteiger partial charge >= 0.3 is 0 Å². The first-order chi connectivity index (χ1) is 9.19. The minimum Gasteiger partial charge on any atom is -0.371 e. The van der Waals surface area contributed by atoms with E-state index in [4.69, 9.17) is 4.74 Å². The number of pyridine rings is 1. The third-order valence-corrected chi connectivity index (χ3v) is 4.19. The summed E-state index contributed by atoms with van der Waals surface area (Å²) in [5, 5.41) is 0. The molecule has 0 aromatic carbocycles. The Balaban J connectivity index is 1.77. The van der Waals surface area contributed by atoms with E-state index in [2.05, 4.69) is 16.9 Å². The van der Waals surface area contributed by atoms with Gasteiger partial charge in [-0.3, -0.25) is 0 Å². The Bertz CT molecular complexity index is 446. The molecular weight excluding hydrogens is 245 g/mol. The van der Waals surface area contributed by atoms with Crippen LogP contribution in [0.3, 0.4) is 0 Å². The van der Waals surface area contributed by atoms with E-state index in [9.17, 15) is 4.39 Å². The molecule has 0 atom stereocenters. The Morgan fingerprint density at radius 1 is 1.32 bits per heavy atom. The summed E-state index contributed by atoms with van der Waals surface area (Å²) in [5.74, 6) is 0.219. The average Bonchev–Trinajstić information content (AvgIpc) is 2.43. The van der Waals surface area contributed by atoms with Crippen LogP contribution in [0, 0.1) is 5.82 Å². The fourth-order valence-corrected chi connectivity index (χ4v) is 2.96. The number of ether oxygens (including phenoxy) is 1. The van der Waals surface area contributed by atoms with Gasteiger partial charge < -0.3 is 14.5 Å². The number of morpholine rings is 1. The van der Waals surface area contributed by atoms with E-state index in [1.54, 1.807) is 12.3 Å². The molecular formula is C14H20FN3O. The van der Waals surface area contributed by atoms with E-state index in [1.165, 1.54) is 6.07 Å². The number of hydrogen-bond donors (Lipinski definition) is 0. The number of aromatic nitrogens is 1. The molecule has 3 heterocycles. The van der Waals surface area contributed by atoms with Crippen LogP contribution in [0.5, 0.6) is 0 Å². The monoisotopic (exact) mass is 265 g/mol. The van der Waals surface area contributed by atoms with Crippen LogP contribution in [0.2, 0.25) is 0 Å². The second-order valence-corrected chi connectivity index (χ2v) is 5.57. The van der Waals surface area contributed by atoms with Gasteiger partial charge in [0.1, 0.15) is 0 Å². The Morgan fingerprint density at radius 2 is 2.11 bits per heavy atom. The van der Waals surface area contributed by atoms with Crippen LogP contribution in [0.15, 0.2) is 18.3 Å². The summed E-state index contributed by atoms with van der Waals surface area (Å²) in [6.07, 6.45) is 3.66. The van der Waals surface area contributed by atoms with Gasteiger partial charge in [-0.15, -0.1) is 0 Å². The van der Waals surface area contributed by atoms with Crippen molar-refractivity contribution < 1.29 is 9.13 Å². The molecule has 0 bridgehead atoms. The number of nitrogens with zero attached hydrogens (tertiary/aromatic N) is 3. The van der Waals surface area contributed by atoms with Crippen molar-refractivity contribution in [3.05, 3.63) is 24.1 Å². The minimum atomic E-state index is -0.243. The van der Waals surface area contributed by atoms with Crippen molar-refractivity contribution in [3.63, 3.8) is 0 Å². The fraction of sp³-hybridized carbons (Fsp3) is 0.643. The molecule has 0 amide bonds. The van der Waals surface area contributed by atoms with Crippen LogP contribution >= 0.6 is 0 Å². The number of halogens is 1. The molecule has 2 fully saturated rings. The predicted octanol–water partition coefficient (Wildman–Crippen LogP) is 1.52. The molecule has 1 spiro atoms.